The van der Waals surface area contributed by atoms with Crippen molar-refractivity contribution < 1.29 is 14.7 Å². The molecule has 1 fully saturated rings. The number of rotatable bonds is 4. The summed E-state index contributed by atoms with van der Waals surface area (Å²) in [5.74, 6) is -0.477. The second-order valence-corrected chi connectivity index (χ2v) is 5.58. The number of urea groups is 1. The summed E-state index contributed by atoms with van der Waals surface area (Å²) in [5.41, 5.74) is 0.366. The number of carbonyl (C=O) groups is 2. The molecule has 2 amide bonds. The van der Waals surface area contributed by atoms with Crippen molar-refractivity contribution in [1.82, 2.24) is 4.90 Å². The Bertz CT molecular complexity index is 515. The molecule has 0 aliphatic heterocycles. The number of hydrogen-bond acceptors (Lipinski definition) is 2. The summed E-state index contributed by atoms with van der Waals surface area (Å²) in [5, 5.41) is 11.8. The molecule has 2 rings (SSSR count). The highest BCUT2D eigenvalue weighted by Crippen LogP contribution is 2.30. The number of amides is 2. The molecule has 0 unspecified atom stereocenters. The quantitative estimate of drug-likeness (QED) is 0.893. The van der Waals surface area contributed by atoms with Gasteiger partial charge in [0.15, 0.2) is 0 Å². The van der Waals surface area contributed by atoms with E-state index in [1.165, 1.54) is 6.07 Å². The molecule has 19 heavy (non-hydrogen) atoms. The minimum absolute atomic E-state index is 0.0718. The van der Waals surface area contributed by atoms with Crippen molar-refractivity contribution in [2.45, 2.75) is 12.8 Å². The number of carbonyl (C=O) groups excluding carboxylic acids is 1. The van der Waals surface area contributed by atoms with Crippen LogP contribution in [0, 0.1) is 5.92 Å². The van der Waals surface area contributed by atoms with Gasteiger partial charge < -0.3 is 15.3 Å². The fraction of sp³-hybridized carbons (Fsp3) is 0.385. The Hall–Kier alpha value is -1.56. The number of para-hydroxylation sites is 1. The molecule has 1 aromatic rings. The van der Waals surface area contributed by atoms with Crippen molar-refractivity contribution >= 4 is 33.6 Å². The van der Waals surface area contributed by atoms with Gasteiger partial charge in [-0.2, -0.15) is 0 Å². The van der Waals surface area contributed by atoms with E-state index in [4.69, 9.17) is 5.11 Å². The highest BCUT2D eigenvalue weighted by molar-refractivity contribution is 9.10. The predicted molar refractivity (Wildman–Crippen MR) is 75.5 cm³/mol. The van der Waals surface area contributed by atoms with E-state index in [0.29, 0.717) is 22.6 Å². The van der Waals surface area contributed by atoms with Crippen LogP contribution in [0.4, 0.5) is 10.5 Å². The standard InChI is InChI=1S/C13H15BrN2O3/c1-16(7-8-5-6-8)13(19)15-11-9(12(17)18)3-2-4-10(11)14/h2-4,8H,5-7H2,1H3,(H,15,19)(H,17,18). The normalized spacial score (nSPS) is 14.0. The lowest BCUT2D eigenvalue weighted by Crippen LogP contribution is -2.33. The van der Waals surface area contributed by atoms with Crippen molar-refractivity contribution in [1.29, 1.82) is 0 Å². The average Bonchev–Trinajstić information content (AvgIpc) is 3.15. The lowest BCUT2D eigenvalue weighted by Gasteiger charge is -2.19. The first-order valence-corrected chi connectivity index (χ1v) is 6.82. The Kier molecular flexibility index (Phi) is 4.09. The van der Waals surface area contributed by atoms with Gasteiger partial charge >= 0.3 is 12.0 Å². The topological polar surface area (TPSA) is 69.6 Å². The van der Waals surface area contributed by atoms with Crippen LogP contribution in [0.2, 0.25) is 0 Å². The van der Waals surface area contributed by atoms with Crippen molar-refractivity contribution in [3.05, 3.63) is 28.2 Å². The number of hydrogen-bond donors (Lipinski definition) is 2. The molecule has 0 spiro atoms. The molecule has 1 aliphatic rings. The Morgan fingerprint density at radius 2 is 2.16 bits per heavy atom. The maximum atomic E-state index is 12.0. The number of aromatic carboxylic acids is 1. The number of carboxylic acid groups (broad SMARTS) is 1. The molecular weight excluding hydrogens is 312 g/mol. The van der Waals surface area contributed by atoms with Gasteiger partial charge in [0.05, 0.1) is 11.3 Å². The molecule has 0 atom stereocenters. The van der Waals surface area contributed by atoms with E-state index >= 15 is 0 Å². The molecule has 0 aromatic heterocycles. The highest BCUT2D eigenvalue weighted by atomic mass is 79.9. The Morgan fingerprint density at radius 1 is 1.47 bits per heavy atom. The van der Waals surface area contributed by atoms with Gasteiger partial charge in [0.2, 0.25) is 0 Å². The lowest BCUT2D eigenvalue weighted by molar-refractivity contribution is 0.0698. The van der Waals surface area contributed by atoms with E-state index in [9.17, 15) is 9.59 Å². The van der Waals surface area contributed by atoms with Gasteiger partial charge in [0.1, 0.15) is 0 Å². The highest BCUT2D eigenvalue weighted by Gasteiger charge is 2.25. The number of carboxylic acids is 1. The van der Waals surface area contributed by atoms with Crippen LogP contribution in [0.25, 0.3) is 0 Å². The second kappa shape index (κ2) is 5.61. The van der Waals surface area contributed by atoms with Crippen LogP contribution in [0.5, 0.6) is 0 Å². The Labute approximate surface area is 119 Å². The zero-order valence-electron chi connectivity index (χ0n) is 10.5. The summed E-state index contributed by atoms with van der Waals surface area (Å²) in [7, 11) is 1.71. The maximum Gasteiger partial charge on any atom is 0.337 e. The number of nitrogens with zero attached hydrogens (tertiary/aromatic N) is 1. The molecular formula is C13H15BrN2O3. The molecule has 1 saturated carbocycles. The van der Waals surface area contributed by atoms with Crippen molar-refractivity contribution in [2.24, 2.45) is 5.92 Å². The summed E-state index contributed by atoms with van der Waals surface area (Å²) >= 11 is 3.26. The first kappa shape index (κ1) is 13.9. The molecule has 0 radical (unpaired) electrons. The largest absolute Gasteiger partial charge is 0.478 e. The average molecular weight is 327 g/mol. The fourth-order valence-electron chi connectivity index (χ4n) is 1.80. The smallest absolute Gasteiger partial charge is 0.337 e. The fourth-order valence-corrected chi connectivity index (χ4v) is 2.27. The predicted octanol–water partition coefficient (Wildman–Crippen LogP) is 3.02. The molecule has 1 aliphatic carbocycles. The van der Waals surface area contributed by atoms with Gasteiger partial charge in [-0.25, -0.2) is 9.59 Å². The van der Waals surface area contributed by atoms with E-state index < -0.39 is 5.97 Å². The maximum absolute atomic E-state index is 12.0. The summed E-state index contributed by atoms with van der Waals surface area (Å²) in [4.78, 5) is 24.7. The second-order valence-electron chi connectivity index (χ2n) is 4.72. The van der Waals surface area contributed by atoms with E-state index in [0.717, 1.165) is 12.8 Å². The van der Waals surface area contributed by atoms with Gasteiger partial charge in [-0.1, -0.05) is 6.07 Å². The Balaban J connectivity index is 2.12. The summed E-state index contributed by atoms with van der Waals surface area (Å²) < 4.78 is 0.556. The lowest BCUT2D eigenvalue weighted by atomic mass is 10.2. The minimum atomic E-state index is -1.07. The van der Waals surface area contributed by atoms with Crippen LogP contribution in [0.3, 0.4) is 0 Å². The first-order valence-electron chi connectivity index (χ1n) is 6.03. The zero-order valence-corrected chi connectivity index (χ0v) is 12.1. The van der Waals surface area contributed by atoms with Crippen LogP contribution in [0.1, 0.15) is 23.2 Å². The van der Waals surface area contributed by atoms with Gasteiger partial charge in [-0.05, 0) is 46.8 Å². The van der Waals surface area contributed by atoms with Crippen molar-refractivity contribution in [3.8, 4) is 0 Å². The van der Waals surface area contributed by atoms with E-state index in [2.05, 4.69) is 21.2 Å². The van der Waals surface area contributed by atoms with Gasteiger partial charge in [-0.15, -0.1) is 0 Å². The van der Waals surface area contributed by atoms with E-state index in [1.807, 2.05) is 0 Å². The van der Waals surface area contributed by atoms with E-state index in [-0.39, 0.29) is 11.6 Å². The van der Waals surface area contributed by atoms with Gasteiger partial charge in [0.25, 0.3) is 0 Å². The van der Waals surface area contributed by atoms with Crippen molar-refractivity contribution in [2.75, 3.05) is 18.9 Å². The molecule has 0 bridgehead atoms. The molecule has 6 heteroatoms. The van der Waals surface area contributed by atoms with E-state index in [1.54, 1.807) is 24.1 Å². The van der Waals surface area contributed by atoms with Crippen LogP contribution >= 0.6 is 15.9 Å². The first-order chi connectivity index (χ1) is 8.99. The van der Waals surface area contributed by atoms with Crippen LogP contribution < -0.4 is 5.32 Å². The molecule has 0 saturated heterocycles. The summed E-state index contributed by atoms with van der Waals surface area (Å²) in [6.45, 7) is 0.707. The van der Waals surface area contributed by atoms with Crippen LogP contribution in [0.15, 0.2) is 22.7 Å². The third-order valence-corrected chi connectivity index (χ3v) is 3.71. The molecule has 0 heterocycles. The van der Waals surface area contributed by atoms with Gasteiger partial charge in [-0.3, -0.25) is 0 Å². The van der Waals surface area contributed by atoms with Crippen LogP contribution in [-0.4, -0.2) is 35.6 Å². The monoisotopic (exact) mass is 326 g/mol. The number of nitrogens with one attached hydrogen (secondary N) is 1. The number of halogens is 1. The number of benzene rings is 1. The molecule has 2 N–H and O–H groups in total. The zero-order chi connectivity index (χ0) is 14.0. The molecule has 1 aromatic carbocycles. The molecule has 5 nitrogen and oxygen atoms in total. The summed E-state index contributed by atoms with van der Waals surface area (Å²) in [6.07, 6.45) is 2.32. The third kappa shape index (κ3) is 3.47. The Morgan fingerprint density at radius 3 is 2.74 bits per heavy atom. The SMILES string of the molecule is CN(CC1CC1)C(=O)Nc1c(Br)cccc1C(=O)O. The van der Waals surface area contributed by atoms with Crippen molar-refractivity contribution in [3.63, 3.8) is 0 Å². The van der Waals surface area contributed by atoms with Crippen LogP contribution in [-0.2, 0) is 0 Å². The van der Waals surface area contributed by atoms with Gasteiger partial charge in [0, 0.05) is 18.1 Å². The third-order valence-electron chi connectivity index (χ3n) is 3.05. The number of anilines is 1. The molecule has 102 valence electrons. The minimum Gasteiger partial charge on any atom is -0.478 e. The summed E-state index contributed by atoms with van der Waals surface area (Å²) in [6, 6.07) is 4.49.